The molecule has 2 aromatic heterocycles. The molecular weight excluding hydrogens is 278 g/mol. The third-order valence-corrected chi connectivity index (χ3v) is 5.06. The lowest BCUT2D eigenvalue weighted by Crippen LogP contribution is -2.14. The van der Waals surface area contributed by atoms with Crippen molar-refractivity contribution >= 4 is 27.9 Å². The van der Waals surface area contributed by atoms with Crippen LogP contribution < -0.4 is 5.32 Å². The normalized spacial score (nSPS) is 15.9. The van der Waals surface area contributed by atoms with Crippen LogP contribution >= 0.6 is 11.3 Å². The molecule has 108 valence electrons. The zero-order chi connectivity index (χ0) is 14.2. The van der Waals surface area contributed by atoms with Crippen molar-refractivity contribution in [3.63, 3.8) is 0 Å². The van der Waals surface area contributed by atoms with Crippen molar-refractivity contribution in [3.05, 3.63) is 35.3 Å². The summed E-state index contributed by atoms with van der Waals surface area (Å²) >= 11 is 1.67. The van der Waals surface area contributed by atoms with E-state index in [0.29, 0.717) is 6.04 Å². The number of aromatic nitrogens is 2. The maximum atomic E-state index is 4.40. The standard InChI is InChI=1S/C17H19N3S/c1-11-8-12-10-15(17-18-6-7-21-17)20-16(12)14(9-11)19-13-4-2-3-5-13/h6-10,13,19-20H,2-5H2,1H3. The minimum atomic E-state index is 0.626. The second kappa shape index (κ2) is 5.19. The smallest absolute Gasteiger partial charge is 0.139 e. The number of aromatic amines is 1. The van der Waals surface area contributed by atoms with Crippen LogP contribution in [0.3, 0.4) is 0 Å². The van der Waals surface area contributed by atoms with E-state index in [2.05, 4.69) is 40.4 Å². The highest BCUT2D eigenvalue weighted by molar-refractivity contribution is 7.13. The van der Waals surface area contributed by atoms with Crippen LogP contribution in [0.2, 0.25) is 0 Å². The van der Waals surface area contributed by atoms with Crippen LogP contribution in [-0.4, -0.2) is 16.0 Å². The van der Waals surface area contributed by atoms with Gasteiger partial charge in [0.2, 0.25) is 0 Å². The van der Waals surface area contributed by atoms with E-state index in [9.17, 15) is 0 Å². The number of aryl methyl sites for hydroxylation is 1. The number of hydrogen-bond donors (Lipinski definition) is 2. The third kappa shape index (κ3) is 2.44. The van der Waals surface area contributed by atoms with Gasteiger partial charge in [-0.1, -0.05) is 12.8 Å². The van der Waals surface area contributed by atoms with Gasteiger partial charge in [0.15, 0.2) is 0 Å². The molecule has 3 nitrogen and oxygen atoms in total. The molecule has 2 N–H and O–H groups in total. The van der Waals surface area contributed by atoms with Crippen molar-refractivity contribution < 1.29 is 0 Å². The molecule has 1 fully saturated rings. The fourth-order valence-corrected chi connectivity index (χ4v) is 3.88. The Morgan fingerprint density at radius 3 is 2.86 bits per heavy atom. The maximum absolute atomic E-state index is 4.40. The highest BCUT2D eigenvalue weighted by Gasteiger charge is 2.17. The lowest BCUT2D eigenvalue weighted by atomic mass is 10.1. The third-order valence-electron chi connectivity index (χ3n) is 4.25. The molecule has 1 saturated carbocycles. The number of nitrogens with zero attached hydrogens (tertiary/aromatic N) is 1. The number of benzene rings is 1. The summed E-state index contributed by atoms with van der Waals surface area (Å²) in [5.41, 5.74) is 4.85. The topological polar surface area (TPSA) is 40.7 Å². The van der Waals surface area contributed by atoms with Crippen molar-refractivity contribution in [2.45, 2.75) is 38.6 Å². The highest BCUT2D eigenvalue weighted by Crippen LogP contribution is 2.32. The molecule has 0 bridgehead atoms. The van der Waals surface area contributed by atoms with Gasteiger partial charge in [0.05, 0.1) is 16.9 Å². The predicted octanol–water partition coefficient (Wildman–Crippen LogP) is 4.95. The van der Waals surface area contributed by atoms with E-state index in [4.69, 9.17) is 0 Å². The quantitative estimate of drug-likeness (QED) is 0.717. The molecule has 0 aliphatic heterocycles. The molecule has 1 aliphatic rings. The number of fused-ring (bicyclic) bond motifs is 1. The van der Waals surface area contributed by atoms with Crippen molar-refractivity contribution in [2.24, 2.45) is 0 Å². The molecule has 0 unspecified atom stereocenters. The Bertz CT molecular complexity index is 752. The maximum Gasteiger partial charge on any atom is 0.139 e. The molecule has 1 aliphatic carbocycles. The van der Waals surface area contributed by atoms with E-state index in [-0.39, 0.29) is 0 Å². The summed E-state index contributed by atoms with van der Waals surface area (Å²) in [6, 6.07) is 7.33. The van der Waals surface area contributed by atoms with Crippen molar-refractivity contribution in [1.82, 2.24) is 9.97 Å². The molecule has 4 rings (SSSR count). The molecule has 4 heteroatoms. The molecule has 0 radical (unpaired) electrons. The number of hydrogen-bond acceptors (Lipinski definition) is 3. The van der Waals surface area contributed by atoms with Gasteiger partial charge >= 0.3 is 0 Å². The van der Waals surface area contributed by atoms with Crippen LogP contribution in [-0.2, 0) is 0 Å². The van der Waals surface area contributed by atoms with E-state index < -0.39 is 0 Å². The Hall–Kier alpha value is -1.81. The van der Waals surface area contributed by atoms with E-state index in [1.807, 2.05) is 11.6 Å². The zero-order valence-corrected chi connectivity index (χ0v) is 13.0. The highest BCUT2D eigenvalue weighted by atomic mass is 32.1. The van der Waals surface area contributed by atoms with Crippen LogP contribution in [0.5, 0.6) is 0 Å². The van der Waals surface area contributed by atoms with Crippen LogP contribution in [0.4, 0.5) is 5.69 Å². The van der Waals surface area contributed by atoms with Gasteiger partial charge in [-0.3, -0.25) is 0 Å². The number of rotatable bonds is 3. The summed E-state index contributed by atoms with van der Waals surface area (Å²) in [5.74, 6) is 0. The Labute approximate surface area is 128 Å². The van der Waals surface area contributed by atoms with Crippen LogP contribution in [0, 0.1) is 6.92 Å². The average Bonchev–Trinajstić information content (AvgIpc) is 3.19. The van der Waals surface area contributed by atoms with Gasteiger partial charge in [-0.2, -0.15) is 0 Å². The zero-order valence-electron chi connectivity index (χ0n) is 12.1. The van der Waals surface area contributed by atoms with Gasteiger partial charge in [-0.25, -0.2) is 4.98 Å². The summed E-state index contributed by atoms with van der Waals surface area (Å²) in [6.07, 6.45) is 7.13. The Balaban J connectivity index is 1.78. The molecule has 2 heterocycles. The molecule has 0 amide bonds. The first-order valence-corrected chi connectivity index (χ1v) is 8.47. The predicted molar refractivity (Wildman–Crippen MR) is 90.0 cm³/mol. The minimum Gasteiger partial charge on any atom is -0.381 e. The van der Waals surface area contributed by atoms with Gasteiger partial charge in [-0.05, 0) is 43.5 Å². The Morgan fingerprint density at radius 2 is 2.10 bits per heavy atom. The Morgan fingerprint density at radius 1 is 1.24 bits per heavy atom. The SMILES string of the molecule is Cc1cc(NC2CCCC2)c2[nH]c(-c3nccs3)cc2c1. The average molecular weight is 297 g/mol. The summed E-state index contributed by atoms with van der Waals surface area (Å²) in [4.78, 5) is 7.96. The monoisotopic (exact) mass is 297 g/mol. The van der Waals surface area contributed by atoms with E-state index >= 15 is 0 Å². The first kappa shape index (κ1) is 12.9. The van der Waals surface area contributed by atoms with Gasteiger partial charge in [0.25, 0.3) is 0 Å². The van der Waals surface area contributed by atoms with Gasteiger partial charge in [0, 0.05) is 23.0 Å². The van der Waals surface area contributed by atoms with Crippen molar-refractivity contribution in [2.75, 3.05) is 5.32 Å². The van der Waals surface area contributed by atoms with Gasteiger partial charge in [0.1, 0.15) is 5.01 Å². The van der Waals surface area contributed by atoms with Crippen LogP contribution in [0.15, 0.2) is 29.8 Å². The second-order valence-corrected chi connectivity index (χ2v) is 6.82. The van der Waals surface area contributed by atoms with Gasteiger partial charge in [-0.15, -0.1) is 11.3 Å². The van der Waals surface area contributed by atoms with E-state index in [1.165, 1.54) is 47.8 Å². The first-order valence-electron chi connectivity index (χ1n) is 7.59. The summed E-state index contributed by atoms with van der Waals surface area (Å²) in [7, 11) is 0. The fraction of sp³-hybridized carbons (Fsp3) is 0.353. The number of nitrogens with one attached hydrogen (secondary N) is 2. The number of anilines is 1. The first-order chi connectivity index (χ1) is 10.3. The number of thiazole rings is 1. The molecule has 1 aromatic carbocycles. The Kier molecular flexibility index (Phi) is 3.19. The molecule has 21 heavy (non-hydrogen) atoms. The van der Waals surface area contributed by atoms with Crippen molar-refractivity contribution in [1.29, 1.82) is 0 Å². The lowest BCUT2D eigenvalue weighted by molar-refractivity contribution is 0.756. The molecule has 0 saturated heterocycles. The minimum absolute atomic E-state index is 0.626. The van der Waals surface area contributed by atoms with Gasteiger partial charge < -0.3 is 10.3 Å². The number of H-pyrrole nitrogens is 1. The summed E-state index contributed by atoms with van der Waals surface area (Å²) in [6.45, 7) is 2.16. The van der Waals surface area contributed by atoms with E-state index in [0.717, 1.165) is 10.7 Å². The van der Waals surface area contributed by atoms with Crippen molar-refractivity contribution in [3.8, 4) is 10.7 Å². The molecule has 3 aromatic rings. The lowest BCUT2D eigenvalue weighted by Gasteiger charge is -2.15. The van der Waals surface area contributed by atoms with Crippen LogP contribution in [0.1, 0.15) is 31.2 Å². The molecule has 0 spiro atoms. The summed E-state index contributed by atoms with van der Waals surface area (Å²) < 4.78 is 0. The largest absolute Gasteiger partial charge is 0.381 e. The summed E-state index contributed by atoms with van der Waals surface area (Å²) in [5, 5.41) is 8.07. The molecule has 0 atom stereocenters. The fourth-order valence-electron chi connectivity index (χ4n) is 3.27. The molecular formula is C17H19N3S. The van der Waals surface area contributed by atoms with E-state index in [1.54, 1.807) is 11.3 Å². The second-order valence-electron chi connectivity index (χ2n) is 5.92. The van der Waals surface area contributed by atoms with Crippen LogP contribution in [0.25, 0.3) is 21.6 Å².